The van der Waals surface area contributed by atoms with Crippen molar-refractivity contribution in [1.29, 1.82) is 0 Å². The molecule has 10 heteroatoms. The Bertz CT molecular complexity index is 1060. The molecule has 4 heterocycles. The summed E-state index contributed by atoms with van der Waals surface area (Å²) in [7, 11) is 0. The van der Waals surface area contributed by atoms with Gasteiger partial charge in [-0.2, -0.15) is 0 Å². The topological polar surface area (TPSA) is 99.8 Å². The smallest absolute Gasteiger partial charge is 0.305 e. The first-order valence-electron chi connectivity index (χ1n) is 11.4. The van der Waals surface area contributed by atoms with Gasteiger partial charge in [0.15, 0.2) is 0 Å². The van der Waals surface area contributed by atoms with Crippen LogP contribution in [0.4, 0.5) is 0 Å². The molecule has 1 N–H and O–H groups in total. The number of hydrogen-bond donors (Lipinski definition) is 1. The first-order chi connectivity index (χ1) is 15.3. The van der Waals surface area contributed by atoms with E-state index in [9.17, 15) is 19.2 Å². The first-order valence-corrected chi connectivity index (χ1v) is 13.1. The van der Waals surface area contributed by atoms with E-state index in [4.69, 9.17) is 4.74 Å². The number of imide groups is 1. The zero-order valence-electron chi connectivity index (χ0n) is 18.2. The molecule has 3 aliphatic heterocycles. The van der Waals surface area contributed by atoms with Crippen LogP contribution in [0.2, 0.25) is 0 Å². The Balaban J connectivity index is 1.23. The molecule has 8 nitrogen and oxygen atoms in total. The molecule has 1 aromatic heterocycles. The van der Waals surface area contributed by atoms with Gasteiger partial charge in [-0.3, -0.25) is 24.1 Å². The van der Waals surface area contributed by atoms with Gasteiger partial charge in [0, 0.05) is 41.6 Å². The first kappa shape index (κ1) is 20.9. The number of ether oxygens (including phenoxy) is 1. The Hall–Kier alpha value is -1.65. The van der Waals surface area contributed by atoms with Gasteiger partial charge in [-0.15, -0.1) is 11.8 Å². The summed E-state index contributed by atoms with van der Waals surface area (Å²) in [6.45, 7) is 6.75. The number of carbonyl (C=O) groups excluding carboxylic acids is 3. The van der Waals surface area contributed by atoms with E-state index in [2.05, 4.69) is 18.8 Å². The highest BCUT2D eigenvalue weighted by molar-refractivity contribution is 8.00. The third-order valence-corrected chi connectivity index (χ3v) is 11.2. The van der Waals surface area contributed by atoms with E-state index in [1.54, 1.807) is 16.7 Å². The van der Waals surface area contributed by atoms with E-state index in [-0.39, 0.29) is 75.8 Å². The number of nitrogens with zero attached hydrogens (tertiary/aromatic N) is 2. The lowest BCUT2D eigenvalue weighted by Gasteiger charge is -2.47. The second-order valence-electron chi connectivity index (χ2n) is 10.2. The van der Waals surface area contributed by atoms with Crippen molar-refractivity contribution in [3.8, 4) is 0 Å². The van der Waals surface area contributed by atoms with Crippen molar-refractivity contribution < 1.29 is 19.1 Å². The standard InChI is InChI=1S/C22H27N3O5S2/c1-22(2)15-10-9-11(16(15)31-18-17(22)32-21(29)23-18)14-13(10)19(27)25(20(14)28)4-3-12(26)24-5-7-30-8-6-24/h10-11,13-16H,3-9H2,1-2H3,(H,23,29)/t10-,11-,13-,14-,15-,16+/m0/s1. The number of likely N-dealkylation sites (tertiary alicyclic amines) is 1. The predicted octanol–water partition coefficient (Wildman–Crippen LogP) is 1.30. The van der Waals surface area contributed by atoms with Gasteiger partial charge in [-0.1, -0.05) is 25.2 Å². The molecule has 2 aliphatic carbocycles. The van der Waals surface area contributed by atoms with Gasteiger partial charge in [0.1, 0.15) is 0 Å². The van der Waals surface area contributed by atoms with E-state index >= 15 is 0 Å². The number of amides is 3. The van der Waals surface area contributed by atoms with E-state index < -0.39 is 0 Å². The van der Waals surface area contributed by atoms with Crippen molar-refractivity contribution in [1.82, 2.24) is 14.8 Å². The highest BCUT2D eigenvalue weighted by Gasteiger charge is 2.70. The van der Waals surface area contributed by atoms with E-state index in [0.29, 0.717) is 26.3 Å². The van der Waals surface area contributed by atoms with Gasteiger partial charge >= 0.3 is 4.87 Å². The molecule has 0 radical (unpaired) electrons. The highest BCUT2D eigenvalue weighted by atomic mass is 32.2. The molecule has 0 aromatic carbocycles. The van der Waals surface area contributed by atoms with Crippen LogP contribution >= 0.6 is 23.1 Å². The molecule has 5 aliphatic rings. The molecule has 1 aromatic rings. The number of carbonyl (C=O) groups is 3. The molecule has 4 fully saturated rings. The Morgan fingerprint density at radius 2 is 1.81 bits per heavy atom. The average Bonchev–Trinajstić information content (AvgIpc) is 3.49. The second-order valence-corrected chi connectivity index (χ2v) is 12.4. The molecule has 3 amide bonds. The summed E-state index contributed by atoms with van der Waals surface area (Å²) in [5, 5.41) is 1.18. The van der Waals surface area contributed by atoms with Crippen LogP contribution in [-0.4, -0.2) is 70.6 Å². The van der Waals surface area contributed by atoms with Crippen molar-refractivity contribution in [3.05, 3.63) is 14.5 Å². The number of rotatable bonds is 3. The molecular formula is C22H27N3O5S2. The van der Waals surface area contributed by atoms with Crippen molar-refractivity contribution in [3.63, 3.8) is 0 Å². The number of thiazole rings is 1. The Kier molecular flexibility index (Phi) is 4.69. The van der Waals surface area contributed by atoms with Crippen molar-refractivity contribution >= 4 is 40.8 Å². The maximum Gasteiger partial charge on any atom is 0.305 e. The zero-order chi connectivity index (χ0) is 22.4. The van der Waals surface area contributed by atoms with Crippen LogP contribution in [0.5, 0.6) is 0 Å². The number of aromatic nitrogens is 1. The zero-order valence-corrected chi connectivity index (χ0v) is 19.8. The van der Waals surface area contributed by atoms with Crippen molar-refractivity contribution in [2.24, 2.45) is 29.6 Å². The number of H-pyrrole nitrogens is 1. The van der Waals surface area contributed by atoms with Gasteiger partial charge < -0.3 is 14.6 Å². The van der Waals surface area contributed by atoms with E-state index in [0.717, 1.165) is 16.3 Å². The Morgan fingerprint density at radius 1 is 1.12 bits per heavy atom. The van der Waals surface area contributed by atoms with Crippen LogP contribution in [0.3, 0.4) is 0 Å². The third kappa shape index (κ3) is 2.78. The maximum atomic E-state index is 13.4. The summed E-state index contributed by atoms with van der Waals surface area (Å²) < 4.78 is 5.30. The molecular weight excluding hydrogens is 450 g/mol. The van der Waals surface area contributed by atoms with Crippen molar-refractivity contribution in [2.75, 3.05) is 32.8 Å². The fourth-order valence-electron chi connectivity index (χ4n) is 7.11. The van der Waals surface area contributed by atoms with Crippen LogP contribution in [0.15, 0.2) is 9.82 Å². The summed E-state index contributed by atoms with van der Waals surface area (Å²) in [4.78, 5) is 58.5. The minimum atomic E-state index is -0.276. The minimum absolute atomic E-state index is 0.0207. The molecule has 2 saturated heterocycles. The lowest BCUT2D eigenvalue weighted by atomic mass is 9.64. The molecule has 6 atom stereocenters. The molecule has 6 rings (SSSR count). The number of aromatic amines is 1. The molecule has 172 valence electrons. The van der Waals surface area contributed by atoms with E-state index in [1.807, 2.05) is 0 Å². The summed E-state index contributed by atoms with van der Waals surface area (Å²) >= 11 is 2.98. The largest absolute Gasteiger partial charge is 0.378 e. The normalized spacial score (nSPS) is 36.9. The monoisotopic (exact) mass is 477 g/mol. The second kappa shape index (κ2) is 7.17. The quantitative estimate of drug-likeness (QED) is 0.659. The van der Waals surface area contributed by atoms with Gasteiger partial charge in [-0.05, 0) is 24.2 Å². The summed E-state index contributed by atoms with van der Waals surface area (Å²) in [6, 6.07) is 0. The average molecular weight is 478 g/mol. The number of hydrogen-bond acceptors (Lipinski definition) is 7. The molecule has 2 bridgehead atoms. The third-order valence-electron chi connectivity index (χ3n) is 8.40. The van der Waals surface area contributed by atoms with Crippen LogP contribution < -0.4 is 4.87 Å². The van der Waals surface area contributed by atoms with E-state index in [1.165, 1.54) is 16.2 Å². The molecule has 0 spiro atoms. The number of thioether (sulfide) groups is 1. The predicted molar refractivity (Wildman–Crippen MR) is 118 cm³/mol. The SMILES string of the molecule is CC1(C)c2sc(=O)[nH]c2S[C@@H]2[C@H]3C[C@@H]([C@@H]4C(=O)N(CCC(=O)N5CCOCC5)C(=O)[C@@H]34)[C@@H]21. The highest BCUT2D eigenvalue weighted by Crippen LogP contribution is 2.68. The Morgan fingerprint density at radius 3 is 2.53 bits per heavy atom. The van der Waals surface area contributed by atoms with Gasteiger partial charge in [0.2, 0.25) is 17.7 Å². The summed E-state index contributed by atoms with van der Waals surface area (Å²) in [5.41, 5.74) is -0.206. The number of morpholine rings is 1. The van der Waals surface area contributed by atoms with Crippen LogP contribution in [0.1, 0.15) is 31.6 Å². The maximum absolute atomic E-state index is 13.4. The lowest BCUT2D eigenvalue weighted by molar-refractivity contribution is -0.142. The van der Waals surface area contributed by atoms with Gasteiger partial charge in [-0.25, -0.2) is 0 Å². The number of fused-ring (bicyclic) bond motifs is 9. The molecule has 32 heavy (non-hydrogen) atoms. The summed E-state index contributed by atoms with van der Waals surface area (Å²) in [5.74, 6) is -0.186. The van der Waals surface area contributed by atoms with Crippen LogP contribution in [0.25, 0.3) is 0 Å². The lowest BCUT2D eigenvalue weighted by Crippen LogP contribution is -2.48. The van der Waals surface area contributed by atoms with Gasteiger partial charge in [0.05, 0.1) is 30.1 Å². The van der Waals surface area contributed by atoms with Gasteiger partial charge in [0.25, 0.3) is 0 Å². The van der Waals surface area contributed by atoms with Crippen LogP contribution in [-0.2, 0) is 24.5 Å². The Labute approximate surface area is 194 Å². The fraction of sp³-hybridized carbons (Fsp3) is 0.727. The fourth-order valence-corrected chi connectivity index (χ4v) is 10.3. The van der Waals surface area contributed by atoms with Crippen LogP contribution in [0, 0.1) is 29.6 Å². The minimum Gasteiger partial charge on any atom is -0.378 e. The summed E-state index contributed by atoms with van der Waals surface area (Å²) in [6.07, 6.45) is 1.08. The number of nitrogens with one attached hydrogen (secondary N) is 1. The molecule has 0 unspecified atom stereocenters. The molecule has 2 saturated carbocycles. The van der Waals surface area contributed by atoms with Crippen molar-refractivity contribution in [2.45, 2.75) is 42.4 Å².